The zero-order valence-electron chi connectivity index (χ0n) is 15.1. The van der Waals surface area contributed by atoms with E-state index >= 15 is 0 Å². The van der Waals surface area contributed by atoms with Crippen molar-refractivity contribution in [2.45, 2.75) is 18.5 Å². The summed E-state index contributed by atoms with van der Waals surface area (Å²) in [5.41, 5.74) is 7.55. The van der Waals surface area contributed by atoms with Crippen LogP contribution in [0.5, 0.6) is 5.75 Å². The van der Waals surface area contributed by atoms with Gasteiger partial charge in [0, 0.05) is 37.8 Å². The molecule has 0 radical (unpaired) electrons. The van der Waals surface area contributed by atoms with Crippen molar-refractivity contribution < 1.29 is 9.53 Å². The molecule has 1 amide bonds. The average Bonchev–Trinajstić information content (AvgIpc) is 2.72. The summed E-state index contributed by atoms with van der Waals surface area (Å²) in [6.07, 6.45) is 7.24. The second-order valence-electron chi connectivity index (χ2n) is 6.24. The second-order valence-corrected chi connectivity index (χ2v) is 6.24. The third-order valence-electron chi connectivity index (χ3n) is 4.55. The summed E-state index contributed by atoms with van der Waals surface area (Å²) in [5.74, 6) is 0.209. The maximum absolute atomic E-state index is 12.7. The number of nitrogens with two attached hydrogens (primary N) is 1. The van der Waals surface area contributed by atoms with Crippen LogP contribution in [-0.4, -0.2) is 23.0 Å². The van der Waals surface area contributed by atoms with Gasteiger partial charge in [0.05, 0.1) is 7.11 Å². The number of carbonyl (C=O) groups excluding carboxylic acids is 1. The minimum Gasteiger partial charge on any atom is -0.497 e. The maximum Gasteiger partial charge on any atom is 0.242 e. The van der Waals surface area contributed by atoms with Gasteiger partial charge in [0.25, 0.3) is 0 Å². The van der Waals surface area contributed by atoms with E-state index in [0.29, 0.717) is 18.7 Å². The predicted octanol–water partition coefficient (Wildman–Crippen LogP) is 2.20. The van der Waals surface area contributed by atoms with E-state index in [1.807, 2.05) is 48.5 Å². The summed E-state index contributed by atoms with van der Waals surface area (Å²) in [6.45, 7) is 0.466. The highest BCUT2D eigenvalue weighted by Crippen LogP contribution is 2.29. The van der Waals surface area contributed by atoms with Gasteiger partial charge in [-0.2, -0.15) is 0 Å². The van der Waals surface area contributed by atoms with Crippen molar-refractivity contribution in [2.75, 3.05) is 7.11 Å². The van der Waals surface area contributed by atoms with E-state index in [4.69, 9.17) is 10.5 Å². The van der Waals surface area contributed by atoms with E-state index < -0.39 is 11.4 Å². The molecule has 0 fully saturated rings. The van der Waals surface area contributed by atoms with Crippen LogP contribution in [0.15, 0.2) is 73.3 Å². The first-order chi connectivity index (χ1) is 13.1. The summed E-state index contributed by atoms with van der Waals surface area (Å²) >= 11 is 0. The lowest BCUT2D eigenvalue weighted by Crippen LogP contribution is -2.54. The molecule has 3 rings (SSSR count). The Morgan fingerprint density at radius 2 is 1.67 bits per heavy atom. The molecule has 0 bridgehead atoms. The van der Waals surface area contributed by atoms with Crippen LogP contribution < -0.4 is 15.8 Å². The molecule has 0 saturated carbocycles. The standard InChI is InChI=1S/C21H22N4O2/c1-27-19-4-2-3-18(13-19)21(20(22)26,14-16-5-9-23-10-6-16)25-15-17-7-11-24-12-8-17/h2-13,25H,14-15H2,1H3,(H2,22,26). The molecule has 2 heterocycles. The number of ether oxygens (including phenoxy) is 1. The minimum absolute atomic E-state index is 0.392. The number of hydrogen-bond acceptors (Lipinski definition) is 5. The number of benzene rings is 1. The molecule has 0 aliphatic heterocycles. The summed E-state index contributed by atoms with van der Waals surface area (Å²) in [6, 6.07) is 15.0. The number of pyridine rings is 2. The number of nitrogens with one attached hydrogen (secondary N) is 1. The number of hydrogen-bond donors (Lipinski definition) is 2. The topological polar surface area (TPSA) is 90.1 Å². The Balaban J connectivity index is 2.02. The second kappa shape index (κ2) is 8.42. The highest BCUT2D eigenvalue weighted by Gasteiger charge is 2.38. The van der Waals surface area contributed by atoms with Crippen molar-refractivity contribution in [3.8, 4) is 5.75 Å². The molecule has 1 aromatic carbocycles. The molecule has 3 aromatic rings. The lowest BCUT2D eigenvalue weighted by atomic mass is 9.82. The highest BCUT2D eigenvalue weighted by atomic mass is 16.5. The quantitative estimate of drug-likeness (QED) is 0.641. The van der Waals surface area contributed by atoms with E-state index in [1.165, 1.54) is 0 Å². The van der Waals surface area contributed by atoms with E-state index in [0.717, 1.165) is 16.7 Å². The van der Waals surface area contributed by atoms with Crippen LogP contribution in [0.4, 0.5) is 0 Å². The fourth-order valence-electron chi connectivity index (χ4n) is 3.03. The fraction of sp³-hybridized carbons (Fsp3) is 0.190. The lowest BCUT2D eigenvalue weighted by Gasteiger charge is -2.33. The van der Waals surface area contributed by atoms with Crippen molar-refractivity contribution in [3.05, 3.63) is 90.0 Å². The largest absolute Gasteiger partial charge is 0.497 e. The average molecular weight is 362 g/mol. The first kappa shape index (κ1) is 18.5. The molecule has 0 aliphatic rings. The van der Waals surface area contributed by atoms with E-state index in [-0.39, 0.29) is 0 Å². The maximum atomic E-state index is 12.7. The van der Waals surface area contributed by atoms with Crippen molar-refractivity contribution in [1.29, 1.82) is 0 Å². The normalized spacial score (nSPS) is 12.9. The summed E-state index contributed by atoms with van der Waals surface area (Å²) in [5, 5.41) is 3.39. The number of methoxy groups -OCH3 is 1. The van der Waals surface area contributed by atoms with Gasteiger partial charge < -0.3 is 10.5 Å². The first-order valence-electron chi connectivity index (χ1n) is 8.61. The van der Waals surface area contributed by atoms with Gasteiger partial charge >= 0.3 is 0 Å². The third kappa shape index (κ3) is 4.30. The van der Waals surface area contributed by atoms with Crippen molar-refractivity contribution in [1.82, 2.24) is 15.3 Å². The van der Waals surface area contributed by atoms with Gasteiger partial charge in [-0.1, -0.05) is 12.1 Å². The summed E-state index contributed by atoms with van der Waals surface area (Å²) in [7, 11) is 1.60. The summed E-state index contributed by atoms with van der Waals surface area (Å²) < 4.78 is 5.34. The Bertz CT molecular complexity index is 887. The molecule has 0 saturated heterocycles. The van der Waals surface area contributed by atoms with E-state index in [1.54, 1.807) is 31.9 Å². The monoisotopic (exact) mass is 362 g/mol. The molecule has 1 atom stereocenters. The minimum atomic E-state index is -1.10. The molecule has 2 aromatic heterocycles. The molecule has 138 valence electrons. The number of nitrogens with zero attached hydrogens (tertiary/aromatic N) is 2. The molecule has 6 nitrogen and oxygen atoms in total. The zero-order valence-corrected chi connectivity index (χ0v) is 15.1. The molecule has 6 heteroatoms. The lowest BCUT2D eigenvalue weighted by molar-refractivity contribution is -0.125. The molecule has 3 N–H and O–H groups in total. The molecular formula is C21H22N4O2. The summed E-state index contributed by atoms with van der Waals surface area (Å²) in [4.78, 5) is 20.8. The Morgan fingerprint density at radius 1 is 1.04 bits per heavy atom. The van der Waals surface area contributed by atoms with Gasteiger partial charge in [-0.25, -0.2) is 0 Å². The fourth-order valence-corrected chi connectivity index (χ4v) is 3.03. The van der Waals surface area contributed by atoms with Crippen LogP contribution in [-0.2, 0) is 23.3 Å². The van der Waals surface area contributed by atoms with Crippen LogP contribution in [0.2, 0.25) is 0 Å². The Kier molecular flexibility index (Phi) is 5.78. The molecular weight excluding hydrogens is 340 g/mol. The van der Waals surface area contributed by atoms with Crippen LogP contribution in [0.25, 0.3) is 0 Å². The van der Waals surface area contributed by atoms with Gasteiger partial charge in [-0.05, 0) is 53.1 Å². The van der Waals surface area contributed by atoms with Crippen LogP contribution in [0.1, 0.15) is 16.7 Å². The van der Waals surface area contributed by atoms with Gasteiger partial charge in [0.15, 0.2) is 0 Å². The van der Waals surface area contributed by atoms with Gasteiger partial charge in [0.2, 0.25) is 5.91 Å². The predicted molar refractivity (Wildman–Crippen MR) is 103 cm³/mol. The first-order valence-corrected chi connectivity index (χ1v) is 8.61. The molecule has 1 unspecified atom stereocenters. The van der Waals surface area contributed by atoms with Crippen molar-refractivity contribution in [3.63, 3.8) is 0 Å². The Morgan fingerprint density at radius 3 is 2.26 bits per heavy atom. The molecule has 0 spiro atoms. The van der Waals surface area contributed by atoms with E-state index in [9.17, 15) is 4.79 Å². The third-order valence-corrected chi connectivity index (χ3v) is 4.55. The smallest absolute Gasteiger partial charge is 0.242 e. The van der Waals surface area contributed by atoms with Gasteiger partial charge in [-0.3, -0.25) is 20.1 Å². The number of primary amides is 1. The number of carbonyl (C=O) groups is 1. The molecule has 0 aliphatic carbocycles. The SMILES string of the molecule is COc1cccc(C(Cc2ccncc2)(NCc2ccncc2)C(N)=O)c1. The van der Waals surface area contributed by atoms with Crippen LogP contribution in [0, 0.1) is 0 Å². The van der Waals surface area contributed by atoms with Gasteiger partial charge in [0.1, 0.15) is 11.3 Å². The number of amides is 1. The Labute approximate surface area is 158 Å². The number of aromatic nitrogens is 2. The van der Waals surface area contributed by atoms with Crippen molar-refractivity contribution >= 4 is 5.91 Å². The van der Waals surface area contributed by atoms with Gasteiger partial charge in [-0.15, -0.1) is 0 Å². The van der Waals surface area contributed by atoms with E-state index in [2.05, 4.69) is 15.3 Å². The van der Waals surface area contributed by atoms with Crippen molar-refractivity contribution in [2.24, 2.45) is 5.73 Å². The number of rotatable bonds is 8. The molecule has 27 heavy (non-hydrogen) atoms. The van der Waals surface area contributed by atoms with Crippen LogP contribution in [0.3, 0.4) is 0 Å². The zero-order chi connectivity index (χ0) is 19.1. The van der Waals surface area contributed by atoms with Crippen LogP contribution >= 0.6 is 0 Å². The highest BCUT2D eigenvalue weighted by molar-refractivity contribution is 5.86. The Hall–Kier alpha value is -3.25.